The summed E-state index contributed by atoms with van der Waals surface area (Å²) in [7, 11) is 0. The summed E-state index contributed by atoms with van der Waals surface area (Å²) in [6.45, 7) is 0.354. The van der Waals surface area contributed by atoms with Crippen LogP contribution in [-0.4, -0.2) is 11.3 Å². The Labute approximate surface area is 97.9 Å². The molecule has 0 bridgehead atoms. The van der Waals surface area contributed by atoms with Crippen molar-refractivity contribution in [3.8, 4) is 5.75 Å². The molecule has 0 N–H and O–H groups in total. The normalized spacial score (nSPS) is 9.94. The van der Waals surface area contributed by atoms with Gasteiger partial charge in [-0.2, -0.15) is 4.39 Å². The maximum atomic E-state index is 12.9. The molecule has 2 rings (SSSR count). The second-order valence-electron chi connectivity index (χ2n) is 3.44. The van der Waals surface area contributed by atoms with Crippen molar-refractivity contribution in [3.63, 3.8) is 0 Å². The van der Waals surface area contributed by atoms with Crippen LogP contribution in [0.15, 0.2) is 42.6 Å². The van der Waals surface area contributed by atoms with E-state index in [0.29, 0.717) is 18.6 Å². The van der Waals surface area contributed by atoms with Gasteiger partial charge in [-0.05, 0) is 11.6 Å². The van der Waals surface area contributed by atoms with Crippen LogP contribution >= 0.6 is 0 Å². The summed E-state index contributed by atoms with van der Waals surface area (Å²) >= 11 is 0. The zero-order chi connectivity index (χ0) is 12.1. The fourth-order valence-corrected chi connectivity index (χ4v) is 1.35. The van der Waals surface area contributed by atoms with Gasteiger partial charge in [0, 0.05) is 0 Å². The highest BCUT2D eigenvalue weighted by molar-refractivity contribution is 5.75. The Morgan fingerprint density at radius 2 is 2.06 bits per heavy atom. The van der Waals surface area contributed by atoms with Gasteiger partial charge in [-0.15, -0.1) is 0 Å². The van der Waals surface area contributed by atoms with Crippen LogP contribution in [-0.2, 0) is 6.61 Å². The van der Waals surface area contributed by atoms with Crippen LogP contribution in [0.3, 0.4) is 0 Å². The Balaban J connectivity index is 2.07. The number of halogens is 1. The molecule has 0 amide bonds. The SMILES string of the molecule is O=Cc1cc(OCc2ccccc2)cnc1F. The van der Waals surface area contributed by atoms with E-state index in [2.05, 4.69) is 4.98 Å². The van der Waals surface area contributed by atoms with Crippen LogP contribution < -0.4 is 4.74 Å². The first kappa shape index (κ1) is 11.3. The molecule has 0 radical (unpaired) electrons. The number of benzene rings is 1. The average molecular weight is 231 g/mol. The number of aromatic nitrogens is 1. The van der Waals surface area contributed by atoms with E-state index in [-0.39, 0.29) is 5.56 Å². The third-order valence-corrected chi connectivity index (χ3v) is 2.22. The van der Waals surface area contributed by atoms with Gasteiger partial charge in [0.25, 0.3) is 0 Å². The molecule has 0 aliphatic rings. The topological polar surface area (TPSA) is 39.2 Å². The van der Waals surface area contributed by atoms with Crippen LogP contribution in [0.25, 0.3) is 0 Å². The second kappa shape index (κ2) is 5.21. The molecule has 0 aliphatic carbocycles. The number of aldehydes is 1. The van der Waals surface area contributed by atoms with Crippen LogP contribution in [0.2, 0.25) is 0 Å². The summed E-state index contributed by atoms with van der Waals surface area (Å²) in [4.78, 5) is 14.0. The Bertz CT molecular complexity index is 514. The molecular formula is C13H10FNO2. The monoisotopic (exact) mass is 231 g/mol. The molecule has 1 heterocycles. The third-order valence-electron chi connectivity index (χ3n) is 2.22. The average Bonchev–Trinajstić information content (AvgIpc) is 2.39. The van der Waals surface area contributed by atoms with Gasteiger partial charge in [0.1, 0.15) is 12.4 Å². The molecule has 2 aromatic rings. The Hall–Kier alpha value is -2.23. The van der Waals surface area contributed by atoms with Gasteiger partial charge in [0.15, 0.2) is 6.29 Å². The Morgan fingerprint density at radius 3 is 2.76 bits per heavy atom. The minimum absolute atomic E-state index is 0.101. The van der Waals surface area contributed by atoms with Crippen LogP contribution in [0.5, 0.6) is 5.75 Å². The van der Waals surface area contributed by atoms with Crippen molar-refractivity contribution in [2.24, 2.45) is 0 Å². The fraction of sp³-hybridized carbons (Fsp3) is 0.0769. The van der Waals surface area contributed by atoms with Gasteiger partial charge >= 0.3 is 0 Å². The molecule has 0 aliphatic heterocycles. The maximum Gasteiger partial charge on any atom is 0.223 e. The van der Waals surface area contributed by atoms with Gasteiger partial charge in [-0.25, -0.2) is 4.98 Å². The molecule has 0 saturated carbocycles. The molecular weight excluding hydrogens is 221 g/mol. The molecule has 0 unspecified atom stereocenters. The van der Waals surface area contributed by atoms with Gasteiger partial charge < -0.3 is 4.74 Å². The van der Waals surface area contributed by atoms with Gasteiger partial charge in [-0.3, -0.25) is 4.79 Å². The van der Waals surface area contributed by atoms with Crippen molar-refractivity contribution < 1.29 is 13.9 Å². The van der Waals surface area contributed by atoms with E-state index < -0.39 is 5.95 Å². The van der Waals surface area contributed by atoms with Crippen molar-refractivity contribution in [1.82, 2.24) is 4.98 Å². The van der Waals surface area contributed by atoms with Gasteiger partial charge in [0.2, 0.25) is 5.95 Å². The number of carbonyl (C=O) groups is 1. The molecule has 3 nitrogen and oxygen atoms in total. The number of carbonyl (C=O) groups excluding carboxylic acids is 1. The standard InChI is InChI=1S/C13H10FNO2/c14-13-11(8-16)6-12(7-15-13)17-9-10-4-2-1-3-5-10/h1-8H,9H2. The Morgan fingerprint density at radius 1 is 1.29 bits per heavy atom. The third kappa shape index (κ3) is 2.87. The van der Waals surface area contributed by atoms with Crippen molar-refractivity contribution >= 4 is 6.29 Å². The summed E-state index contributed by atoms with van der Waals surface area (Å²) in [6.07, 6.45) is 1.67. The highest BCUT2D eigenvalue weighted by Crippen LogP contribution is 2.14. The summed E-state index contributed by atoms with van der Waals surface area (Å²) < 4.78 is 18.3. The van der Waals surface area contributed by atoms with Crippen LogP contribution in [0.1, 0.15) is 15.9 Å². The fourth-order valence-electron chi connectivity index (χ4n) is 1.35. The lowest BCUT2D eigenvalue weighted by atomic mass is 10.2. The predicted octanol–water partition coefficient (Wildman–Crippen LogP) is 2.61. The molecule has 86 valence electrons. The number of ether oxygens (including phenoxy) is 1. The van der Waals surface area contributed by atoms with Crippen LogP contribution in [0, 0.1) is 5.95 Å². The molecule has 0 atom stereocenters. The molecule has 17 heavy (non-hydrogen) atoms. The summed E-state index contributed by atoms with van der Waals surface area (Å²) in [5.74, 6) is -0.413. The van der Waals surface area contributed by atoms with E-state index in [9.17, 15) is 9.18 Å². The summed E-state index contributed by atoms with van der Waals surface area (Å²) in [5, 5.41) is 0. The smallest absolute Gasteiger partial charge is 0.223 e. The highest BCUT2D eigenvalue weighted by Gasteiger charge is 2.04. The zero-order valence-corrected chi connectivity index (χ0v) is 8.97. The van der Waals surface area contributed by atoms with Crippen molar-refractivity contribution in [1.29, 1.82) is 0 Å². The minimum Gasteiger partial charge on any atom is -0.487 e. The van der Waals surface area contributed by atoms with E-state index in [0.717, 1.165) is 5.56 Å². The number of hydrogen-bond donors (Lipinski definition) is 0. The zero-order valence-electron chi connectivity index (χ0n) is 8.97. The lowest BCUT2D eigenvalue weighted by Crippen LogP contribution is -1.98. The lowest BCUT2D eigenvalue weighted by molar-refractivity contribution is 0.111. The van der Waals surface area contributed by atoms with E-state index in [1.807, 2.05) is 30.3 Å². The largest absolute Gasteiger partial charge is 0.487 e. The minimum atomic E-state index is -0.785. The summed E-state index contributed by atoms with van der Waals surface area (Å²) in [6, 6.07) is 10.9. The van der Waals surface area contributed by atoms with E-state index in [4.69, 9.17) is 4.74 Å². The van der Waals surface area contributed by atoms with Crippen molar-refractivity contribution in [2.45, 2.75) is 6.61 Å². The first-order valence-corrected chi connectivity index (χ1v) is 5.07. The Kier molecular flexibility index (Phi) is 3.45. The van der Waals surface area contributed by atoms with Crippen LogP contribution in [0.4, 0.5) is 4.39 Å². The maximum absolute atomic E-state index is 12.9. The van der Waals surface area contributed by atoms with E-state index in [1.54, 1.807) is 0 Å². The van der Waals surface area contributed by atoms with Gasteiger partial charge in [0.05, 0.1) is 11.8 Å². The first-order valence-electron chi connectivity index (χ1n) is 5.07. The first-order chi connectivity index (χ1) is 8.29. The van der Waals surface area contributed by atoms with Gasteiger partial charge in [-0.1, -0.05) is 30.3 Å². The molecule has 1 aromatic carbocycles. The van der Waals surface area contributed by atoms with E-state index >= 15 is 0 Å². The van der Waals surface area contributed by atoms with Crippen molar-refractivity contribution in [2.75, 3.05) is 0 Å². The molecule has 4 heteroatoms. The number of rotatable bonds is 4. The molecule has 0 spiro atoms. The second-order valence-corrected chi connectivity index (χ2v) is 3.44. The lowest BCUT2D eigenvalue weighted by Gasteiger charge is -2.06. The molecule has 0 fully saturated rings. The molecule has 1 aromatic heterocycles. The number of nitrogens with zero attached hydrogens (tertiary/aromatic N) is 1. The number of pyridine rings is 1. The molecule has 0 saturated heterocycles. The summed E-state index contributed by atoms with van der Waals surface area (Å²) in [5.41, 5.74) is 0.889. The predicted molar refractivity (Wildman–Crippen MR) is 60.4 cm³/mol. The number of hydrogen-bond acceptors (Lipinski definition) is 3. The highest BCUT2D eigenvalue weighted by atomic mass is 19.1. The quantitative estimate of drug-likeness (QED) is 0.599. The van der Waals surface area contributed by atoms with E-state index in [1.165, 1.54) is 12.3 Å². The van der Waals surface area contributed by atoms with Crippen molar-refractivity contribution in [3.05, 3.63) is 59.7 Å².